The second-order valence-electron chi connectivity index (χ2n) is 6.73. The van der Waals surface area contributed by atoms with Crippen molar-refractivity contribution in [2.75, 3.05) is 45.0 Å². The number of methoxy groups -OCH3 is 3. The van der Waals surface area contributed by atoms with Crippen LogP contribution in [0.5, 0.6) is 17.2 Å². The Kier molecular flexibility index (Phi) is 7.93. The molecule has 0 aliphatic rings. The number of benzene rings is 2. The van der Waals surface area contributed by atoms with Crippen LogP contribution in [0.25, 0.3) is 0 Å². The molecule has 164 valence electrons. The summed E-state index contributed by atoms with van der Waals surface area (Å²) < 4.78 is 41.5. The van der Waals surface area contributed by atoms with Gasteiger partial charge in [-0.3, -0.25) is 9.10 Å². The van der Waals surface area contributed by atoms with Crippen LogP contribution in [0.3, 0.4) is 0 Å². The molecular formula is C21H28N2O6S. The molecule has 8 nitrogen and oxygen atoms in total. The largest absolute Gasteiger partial charge is 0.495 e. The molecule has 0 spiro atoms. The maximum Gasteiger partial charge on any atom is 0.240 e. The van der Waals surface area contributed by atoms with Crippen LogP contribution >= 0.6 is 0 Å². The van der Waals surface area contributed by atoms with Crippen LogP contribution in [-0.4, -0.2) is 55.0 Å². The molecule has 9 heteroatoms. The normalized spacial score (nSPS) is 11.0. The van der Waals surface area contributed by atoms with Gasteiger partial charge in [-0.15, -0.1) is 0 Å². The van der Waals surface area contributed by atoms with Crippen molar-refractivity contribution in [1.82, 2.24) is 5.32 Å². The van der Waals surface area contributed by atoms with Gasteiger partial charge in [0, 0.05) is 6.54 Å². The molecule has 2 aromatic rings. The monoisotopic (exact) mass is 436 g/mol. The Morgan fingerprint density at radius 2 is 1.60 bits per heavy atom. The van der Waals surface area contributed by atoms with Gasteiger partial charge in [0.15, 0.2) is 11.5 Å². The van der Waals surface area contributed by atoms with E-state index in [2.05, 4.69) is 5.32 Å². The first kappa shape index (κ1) is 23.3. The summed E-state index contributed by atoms with van der Waals surface area (Å²) in [6.45, 7) is 1.84. The molecular weight excluding hydrogens is 408 g/mol. The zero-order valence-electron chi connectivity index (χ0n) is 17.9. The van der Waals surface area contributed by atoms with Gasteiger partial charge in [0.05, 0.1) is 33.3 Å². The molecule has 1 N–H and O–H groups in total. The Bertz CT molecular complexity index is 991. The van der Waals surface area contributed by atoms with Gasteiger partial charge in [-0.1, -0.05) is 12.1 Å². The lowest BCUT2D eigenvalue weighted by molar-refractivity contribution is -0.119. The number of carbonyl (C=O) groups is 1. The Morgan fingerprint density at radius 1 is 0.967 bits per heavy atom. The maximum atomic E-state index is 12.5. The van der Waals surface area contributed by atoms with Gasteiger partial charge in [-0.05, 0) is 48.7 Å². The van der Waals surface area contributed by atoms with Crippen LogP contribution in [0.15, 0.2) is 36.4 Å². The van der Waals surface area contributed by atoms with E-state index in [9.17, 15) is 13.2 Å². The second kappa shape index (κ2) is 10.2. The lowest BCUT2D eigenvalue weighted by Gasteiger charge is -2.24. The molecule has 0 bridgehead atoms. The number of amides is 1. The molecule has 0 heterocycles. The first-order valence-corrected chi connectivity index (χ1v) is 11.1. The minimum atomic E-state index is -3.69. The van der Waals surface area contributed by atoms with E-state index in [0.717, 1.165) is 21.7 Å². The summed E-state index contributed by atoms with van der Waals surface area (Å²) >= 11 is 0. The summed E-state index contributed by atoms with van der Waals surface area (Å²) in [5.41, 5.74) is 2.14. The van der Waals surface area contributed by atoms with Gasteiger partial charge < -0.3 is 19.5 Å². The first-order valence-electron chi connectivity index (χ1n) is 9.29. The van der Waals surface area contributed by atoms with Gasteiger partial charge in [0.25, 0.3) is 0 Å². The number of hydrogen-bond donors (Lipinski definition) is 1. The van der Waals surface area contributed by atoms with Crippen LogP contribution in [0.1, 0.15) is 11.1 Å². The van der Waals surface area contributed by atoms with Crippen LogP contribution in [0, 0.1) is 6.92 Å². The van der Waals surface area contributed by atoms with Gasteiger partial charge >= 0.3 is 0 Å². The molecule has 0 atom stereocenters. The second-order valence-corrected chi connectivity index (χ2v) is 8.64. The SMILES string of the molecule is COc1ccc(CCNC(=O)CN(c2cc(C)ccc2OC)S(C)(=O)=O)cc1OC. The van der Waals surface area contributed by atoms with Crippen molar-refractivity contribution >= 4 is 21.6 Å². The smallest absolute Gasteiger partial charge is 0.240 e. The lowest BCUT2D eigenvalue weighted by Crippen LogP contribution is -2.41. The van der Waals surface area contributed by atoms with Crippen molar-refractivity contribution in [2.45, 2.75) is 13.3 Å². The molecule has 0 aliphatic heterocycles. The van der Waals surface area contributed by atoms with Gasteiger partial charge in [-0.2, -0.15) is 0 Å². The van der Waals surface area contributed by atoms with Gasteiger partial charge in [0.1, 0.15) is 12.3 Å². The highest BCUT2D eigenvalue weighted by atomic mass is 32.2. The Balaban J connectivity index is 2.07. The molecule has 0 aromatic heterocycles. The molecule has 2 aromatic carbocycles. The number of nitrogens with zero attached hydrogens (tertiary/aromatic N) is 1. The number of ether oxygens (including phenoxy) is 3. The predicted molar refractivity (Wildman–Crippen MR) is 116 cm³/mol. The minimum absolute atomic E-state index is 0.329. The van der Waals surface area contributed by atoms with E-state index >= 15 is 0 Å². The fourth-order valence-corrected chi connectivity index (χ4v) is 3.80. The Labute approximate surface area is 177 Å². The average molecular weight is 437 g/mol. The van der Waals surface area contributed by atoms with Crippen LogP contribution in [-0.2, 0) is 21.2 Å². The average Bonchev–Trinajstić information content (AvgIpc) is 2.71. The summed E-state index contributed by atoms with van der Waals surface area (Å²) in [4.78, 5) is 12.5. The number of carbonyl (C=O) groups excluding carboxylic acids is 1. The number of hydrogen-bond acceptors (Lipinski definition) is 6. The molecule has 1 amide bonds. The Morgan fingerprint density at radius 3 is 2.20 bits per heavy atom. The molecule has 0 fully saturated rings. The van der Waals surface area contributed by atoms with Crippen molar-refractivity contribution in [2.24, 2.45) is 0 Å². The summed E-state index contributed by atoms with van der Waals surface area (Å²) in [6, 6.07) is 10.7. The van der Waals surface area contributed by atoms with E-state index in [4.69, 9.17) is 14.2 Å². The van der Waals surface area contributed by atoms with E-state index in [1.165, 1.54) is 7.11 Å². The molecule has 0 saturated heterocycles. The lowest BCUT2D eigenvalue weighted by atomic mass is 10.1. The highest BCUT2D eigenvalue weighted by molar-refractivity contribution is 7.92. The van der Waals surface area contributed by atoms with Gasteiger partial charge in [-0.25, -0.2) is 8.42 Å². The van der Waals surface area contributed by atoms with E-state index in [-0.39, 0.29) is 6.54 Å². The third-order valence-electron chi connectivity index (χ3n) is 4.47. The number of nitrogens with one attached hydrogen (secondary N) is 1. The highest BCUT2D eigenvalue weighted by Crippen LogP contribution is 2.31. The van der Waals surface area contributed by atoms with Crippen LogP contribution in [0.2, 0.25) is 0 Å². The van der Waals surface area contributed by atoms with Crippen molar-refractivity contribution in [3.8, 4) is 17.2 Å². The molecule has 30 heavy (non-hydrogen) atoms. The van der Waals surface area contributed by atoms with Gasteiger partial charge in [0.2, 0.25) is 15.9 Å². The predicted octanol–water partition coefficient (Wildman–Crippen LogP) is 2.15. The summed E-state index contributed by atoms with van der Waals surface area (Å²) in [5, 5.41) is 2.76. The minimum Gasteiger partial charge on any atom is -0.495 e. The van der Waals surface area contributed by atoms with E-state index in [1.807, 2.05) is 25.1 Å². The van der Waals surface area contributed by atoms with Crippen LogP contribution in [0.4, 0.5) is 5.69 Å². The number of aryl methyl sites for hydroxylation is 1. The van der Waals surface area contributed by atoms with Crippen molar-refractivity contribution in [3.63, 3.8) is 0 Å². The van der Waals surface area contributed by atoms with Crippen molar-refractivity contribution in [1.29, 1.82) is 0 Å². The summed E-state index contributed by atoms with van der Waals surface area (Å²) in [6.07, 6.45) is 1.62. The fraction of sp³-hybridized carbons (Fsp3) is 0.381. The molecule has 0 saturated carbocycles. The van der Waals surface area contributed by atoms with Crippen molar-refractivity contribution in [3.05, 3.63) is 47.5 Å². The fourth-order valence-electron chi connectivity index (χ4n) is 2.94. The molecule has 2 rings (SSSR count). The third kappa shape index (κ3) is 6.03. The maximum absolute atomic E-state index is 12.5. The van der Waals surface area contributed by atoms with E-state index in [0.29, 0.717) is 35.9 Å². The zero-order valence-corrected chi connectivity index (χ0v) is 18.7. The number of sulfonamides is 1. The topological polar surface area (TPSA) is 94.2 Å². The van der Waals surface area contributed by atoms with E-state index < -0.39 is 15.9 Å². The molecule has 0 unspecified atom stereocenters. The summed E-state index contributed by atoms with van der Waals surface area (Å²) in [7, 11) is 0.884. The number of rotatable bonds is 10. The van der Waals surface area contributed by atoms with Crippen LogP contribution < -0.4 is 23.8 Å². The standard InChI is InChI=1S/C21H28N2O6S/c1-15-6-8-18(27-2)17(12-15)23(30(5,25)26)14-21(24)22-11-10-16-7-9-19(28-3)20(13-16)29-4/h6-9,12-13H,10-11,14H2,1-5H3,(H,22,24). The van der Waals surface area contributed by atoms with Crippen molar-refractivity contribution < 1.29 is 27.4 Å². The molecule has 0 aliphatic carbocycles. The third-order valence-corrected chi connectivity index (χ3v) is 5.60. The quantitative estimate of drug-likeness (QED) is 0.613. The summed E-state index contributed by atoms with van der Waals surface area (Å²) in [5.74, 6) is 1.20. The first-order chi connectivity index (χ1) is 14.2. The Hall–Kier alpha value is -2.94. The highest BCUT2D eigenvalue weighted by Gasteiger charge is 2.24. The number of anilines is 1. The zero-order chi connectivity index (χ0) is 22.3. The van der Waals surface area contributed by atoms with E-state index in [1.54, 1.807) is 32.4 Å². The molecule has 0 radical (unpaired) electrons.